The van der Waals surface area contributed by atoms with Crippen molar-refractivity contribution in [2.45, 2.75) is 63.7 Å². The number of ether oxygens (including phenoxy) is 1. The zero-order valence-electron chi connectivity index (χ0n) is 22.8. The fourth-order valence-corrected chi connectivity index (χ4v) is 6.02. The number of phenolic OH excluding ortho intramolecular Hbond substituents is 2. The first-order valence-electron chi connectivity index (χ1n) is 14.6. The van der Waals surface area contributed by atoms with Crippen LogP contribution >= 0.6 is 0 Å². The second-order valence-corrected chi connectivity index (χ2v) is 11.1. The summed E-state index contributed by atoms with van der Waals surface area (Å²) in [6.07, 6.45) is 9.38. The molecule has 3 N–H and O–H groups in total. The molecule has 3 aromatic rings. The van der Waals surface area contributed by atoms with Gasteiger partial charge >= 0.3 is 0 Å². The number of unbranched alkanes of at least 4 members (excludes halogenated alkanes) is 1. The van der Waals surface area contributed by atoms with Crippen LogP contribution in [0.15, 0.2) is 54.6 Å². The summed E-state index contributed by atoms with van der Waals surface area (Å²) in [6.45, 7) is 4.40. The molecular formula is C33H41FN2O3. The topological polar surface area (TPSA) is 65.0 Å². The van der Waals surface area contributed by atoms with Crippen LogP contribution in [0.4, 0.5) is 10.1 Å². The maximum absolute atomic E-state index is 14.6. The van der Waals surface area contributed by atoms with Crippen LogP contribution in [-0.2, 0) is 19.3 Å². The minimum atomic E-state index is -0.280. The molecule has 5 nitrogen and oxygen atoms in total. The van der Waals surface area contributed by atoms with Crippen molar-refractivity contribution in [3.8, 4) is 17.2 Å². The summed E-state index contributed by atoms with van der Waals surface area (Å²) in [6, 6.07) is 16.6. The highest BCUT2D eigenvalue weighted by Crippen LogP contribution is 2.38. The summed E-state index contributed by atoms with van der Waals surface area (Å²) < 4.78 is 20.3. The molecule has 1 unspecified atom stereocenters. The van der Waals surface area contributed by atoms with Crippen molar-refractivity contribution >= 4 is 5.69 Å². The predicted molar refractivity (Wildman–Crippen MR) is 155 cm³/mol. The number of nitrogens with one attached hydrogen (secondary N) is 1. The molecule has 1 heterocycles. The average Bonchev–Trinajstić information content (AvgIpc) is 2.94. The molecule has 0 radical (unpaired) electrons. The third kappa shape index (κ3) is 7.45. The van der Waals surface area contributed by atoms with Crippen molar-refractivity contribution < 1.29 is 19.3 Å². The van der Waals surface area contributed by atoms with Crippen LogP contribution in [0.1, 0.15) is 66.7 Å². The Balaban J connectivity index is 1.08. The molecular weight excluding hydrogens is 491 g/mol. The predicted octanol–water partition coefficient (Wildman–Crippen LogP) is 6.81. The first-order chi connectivity index (χ1) is 19.0. The van der Waals surface area contributed by atoms with Crippen LogP contribution in [0.5, 0.6) is 17.2 Å². The molecule has 0 bridgehead atoms. The normalized spacial score (nSPS) is 17.5. The lowest BCUT2D eigenvalue weighted by molar-refractivity contribution is 0.180. The van der Waals surface area contributed by atoms with Gasteiger partial charge in [0.05, 0.1) is 0 Å². The Hall–Kier alpha value is -3.25. The van der Waals surface area contributed by atoms with Crippen LogP contribution in [0.2, 0.25) is 0 Å². The Labute approximate surface area is 231 Å². The number of halogens is 1. The zero-order valence-corrected chi connectivity index (χ0v) is 22.8. The Bertz CT molecular complexity index is 1240. The number of rotatable bonds is 11. The van der Waals surface area contributed by atoms with E-state index in [0.29, 0.717) is 24.0 Å². The summed E-state index contributed by atoms with van der Waals surface area (Å²) in [5.74, 6) is 1.02. The van der Waals surface area contributed by atoms with Crippen molar-refractivity contribution in [3.05, 3.63) is 82.7 Å². The molecule has 2 aliphatic rings. The first-order valence-corrected chi connectivity index (χ1v) is 14.6. The fraction of sp³-hybridized carbons (Fsp3) is 0.455. The number of phenols is 2. The molecule has 1 aliphatic carbocycles. The Morgan fingerprint density at radius 2 is 1.72 bits per heavy atom. The van der Waals surface area contributed by atoms with Gasteiger partial charge in [0.15, 0.2) is 11.6 Å². The van der Waals surface area contributed by atoms with E-state index in [4.69, 9.17) is 4.74 Å². The molecule has 1 saturated heterocycles. The summed E-state index contributed by atoms with van der Waals surface area (Å²) in [5.41, 5.74) is 5.71. The number of aryl methyl sites for hydroxylation is 2. The van der Waals surface area contributed by atoms with Gasteiger partial charge in [-0.25, -0.2) is 4.39 Å². The molecule has 208 valence electrons. The van der Waals surface area contributed by atoms with Gasteiger partial charge in [0.25, 0.3) is 0 Å². The highest BCUT2D eigenvalue weighted by molar-refractivity contribution is 5.57. The van der Waals surface area contributed by atoms with Crippen LogP contribution in [0.3, 0.4) is 0 Å². The molecule has 0 spiro atoms. The van der Waals surface area contributed by atoms with Crippen LogP contribution in [-0.4, -0.2) is 47.9 Å². The quantitative estimate of drug-likeness (QED) is 0.237. The number of aromatic hydroxyl groups is 2. The van der Waals surface area contributed by atoms with E-state index in [0.717, 1.165) is 76.0 Å². The molecule has 0 saturated carbocycles. The van der Waals surface area contributed by atoms with Crippen molar-refractivity contribution in [1.29, 1.82) is 0 Å². The highest BCUT2D eigenvalue weighted by atomic mass is 19.1. The number of fused-ring (bicyclic) bond motifs is 1. The fourth-order valence-electron chi connectivity index (χ4n) is 6.02. The van der Waals surface area contributed by atoms with E-state index < -0.39 is 0 Å². The van der Waals surface area contributed by atoms with E-state index >= 15 is 0 Å². The molecule has 1 aliphatic heterocycles. The van der Waals surface area contributed by atoms with E-state index in [2.05, 4.69) is 10.2 Å². The SMILES string of the molecule is Oc1ccc2c(c1)CCC(c1ccc(O)cc1NCCCCc1ccc(OCCN3CCCCC3)c(F)c1)C2. The van der Waals surface area contributed by atoms with Gasteiger partial charge in [0.1, 0.15) is 18.1 Å². The average molecular weight is 533 g/mol. The third-order valence-corrected chi connectivity index (χ3v) is 8.21. The second kappa shape index (κ2) is 13.2. The number of benzene rings is 3. The Morgan fingerprint density at radius 1 is 0.897 bits per heavy atom. The van der Waals surface area contributed by atoms with E-state index in [-0.39, 0.29) is 11.6 Å². The van der Waals surface area contributed by atoms with Gasteiger partial charge < -0.3 is 20.3 Å². The number of hydrogen-bond acceptors (Lipinski definition) is 5. The van der Waals surface area contributed by atoms with E-state index in [1.54, 1.807) is 24.3 Å². The molecule has 6 heteroatoms. The number of hydrogen-bond donors (Lipinski definition) is 3. The van der Waals surface area contributed by atoms with Gasteiger partial charge in [-0.05, 0) is 123 Å². The maximum Gasteiger partial charge on any atom is 0.165 e. The van der Waals surface area contributed by atoms with E-state index in [1.165, 1.54) is 36.0 Å². The van der Waals surface area contributed by atoms with Crippen molar-refractivity contribution in [3.63, 3.8) is 0 Å². The standard InChI is InChI=1S/C33H41FN2O3/c34-31-20-24(7-14-33(31)39-19-18-36-16-4-1-5-17-36)6-2-3-15-35-32-23-29(38)12-13-30(32)27-9-8-26-22-28(37)11-10-25(26)21-27/h7,10-14,20,22-23,27,35,37-38H,1-6,8-9,15-19,21H2. The smallest absolute Gasteiger partial charge is 0.165 e. The molecule has 3 aromatic carbocycles. The van der Waals surface area contributed by atoms with Crippen LogP contribution in [0.25, 0.3) is 0 Å². The number of anilines is 1. The van der Waals surface area contributed by atoms with Gasteiger partial charge in [0.2, 0.25) is 0 Å². The number of nitrogens with zero attached hydrogens (tertiary/aromatic N) is 1. The van der Waals surface area contributed by atoms with Gasteiger partial charge in [-0.1, -0.05) is 24.6 Å². The second-order valence-electron chi connectivity index (χ2n) is 11.1. The van der Waals surface area contributed by atoms with Crippen molar-refractivity contribution in [2.24, 2.45) is 0 Å². The molecule has 0 aromatic heterocycles. The zero-order chi connectivity index (χ0) is 27.0. The molecule has 5 rings (SSSR count). The Kier molecular flexibility index (Phi) is 9.25. The summed E-state index contributed by atoms with van der Waals surface area (Å²) in [5, 5.41) is 23.5. The van der Waals surface area contributed by atoms with Gasteiger partial charge in [0, 0.05) is 24.8 Å². The summed E-state index contributed by atoms with van der Waals surface area (Å²) in [7, 11) is 0. The maximum atomic E-state index is 14.6. The lowest BCUT2D eigenvalue weighted by Gasteiger charge is -2.27. The lowest BCUT2D eigenvalue weighted by atomic mass is 9.79. The van der Waals surface area contributed by atoms with E-state index in [9.17, 15) is 14.6 Å². The highest BCUT2D eigenvalue weighted by Gasteiger charge is 2.23. The van der Waals surface area contributed by atoms with Crippen LogP contribution in [0, 0.1) is 5.82 Å². The molecule has 1 atom stereocenters. The minimum Gasteiger partial charge on any atom is -0.508 e. The summed E-state index contributed by atoms with van der Waals surface area (Å²) >= 11 is 0. The lowest BCUT2D eigenvalue weighted by Crippen LogP contribution is -2.33. The Morgan fingerprint density at radius 3 is 2.56 bits per heavy atom. The monoisotopic (exact) mass is 532 g/mol. The molecule has 1 fully saturated rings. The first kappa shape index (κ1) is 27.3. The van der Waals surface area contributed by atoms with Gasteiger partial charge in [-0.3, -0.25) is 4.90 Å². The third-order valence-electron chi connectivity index (χ3n) is 8.21. The summed E-state index contributed by atoms with van der Waals surface area (Å²) in [4.78, 5) is 2.39. The molecule has 39 heavy (non-hydrogen) atoms. The van der Waals surface area contributed by atoms with Gasteiger partial charge in [-0.2, -0.15) is 0 Å². The number of piperidine rings is 1. The largest absolute Gasteiger partial charge is 0.508 e. The molecule has 0 amide bonds. The van der Waals surface area contributed by atoms with Crippen molar-refractivity contribution in [2.75, 3.05) is 38.1 Å². The number of likely N-dealkylation sites (tertiary alicyclic amines) is 1. The van der Waals surface area contributed by atoms with Crippen molar-refractivity contribution in [1.82, 2.24) is 4.90 Å². The van der Waals surface area contributed by atoms with Gasteiger partial charge in [-0.15, -0.1) is 0 Å². The van der Waals surface area contributed by atoms with Crippen LogP contribution < -0.4 is 10.1 Å². The van der Waals surface area contributed by atoms with E-state index in [1.807, 2.05) is 30.3 Å². The minimum absolute atomic E-state index is 0.260.